The minimum absolute atomic E-state index is 0.258. The molecule has 0 saturated heterocycles. The molecule has 0 aliphatic heterocycles. The SMILES string of the molecule is COC(=O)c1ccc(Cl)nc1-c1ccc(Cl)cc1Cl. The van der Waals surface area contributed by atoms with E-state index in [9.17, 15) is 4.79 Å². The van der Waals surface area contributed by atoms with Crippen molar-refractivity contribution in [2.24, 2.45) is 0 Å². The van der Waals surface area contributed by atoms with E-state index in [0.717, 1.165) is 0 Å². The molecule has 0 N–H and O–H groups in total. The van der Waals surface area contributed by atoms with Crippen LogP contribution < -0.4 is 0 Å². The number of carbonyl (C=O) groups excluding carboxylic acids is 1. The van der Waals surface area contributed by atoms with Crippen molar-refractivity contribution in [1.82, 2.24) is 4.98 Å². The highest BCUT2D eigenvalue weighted by atomic mass is 35.5. The highest BCUT2D eigenvalue weighted by molar-refractivity contribution is 6.36. The monoisotopic (exact) mass is 315 g/mol. The standard InChI is InChI=1S/C13H8Cl3NO2/c1-19-13(18)9-4-5-11(16)17-12(9)8-3-2-7(14)6-10(8)15/h2-6H,1H3. The second-order valence-electron chi connectivity index (χ2n) is 3.65. The summed E-state index contributed by atoms with van der Waals surface area (Å²) < 4.78 is 4.71. The molecule has 0 saturated carbocycles. The van der Waals surface area contributed by atoms with E-state index in [1.807, 2.05) is 0 Å². The Labute approximate surface area is 125 Å². The molecule has 2 rings (SSSR count). The van der Waals surface area contributed by atoms with E-state index >= 15 is 0 Å². The lowest BCUT2D eigenvalue weighted by Crippen LogP contribution is -2.05. The Bertz CT molecular complexity index is 644. The van der Waals surface area contributed by atoms with Gasteiger partial charge >= 0.3 is 5.97 Å². The molecule has 1 aromatic carbocycles. The van der Waals surface area contributed by atoms with Gasteiger partial charge < -0.3 is 4.74 Å². The van der Waals surface area contributed by atoms with E-state index in [-0.39, 0.29) is 10.7 Å². The number of benzene rings is 1. The van der Waals surface area contributed by atoms with Crippen LogP contribution >= 0.6 is 34.8 Å². The quantitative estimate of drug-likeness (QED) is 0.605. The number of nitrogens with zero attached hydrogens (tertiary/aromatic N) is 1. The predicted molar refractivity (Wildman–Crippen MR) is 76.0 cm³/mol. The number of aromatic nitrogens is 1. The van der Waals surface area contributed by atoms with Gasteiger partial charge in [0.05, 0.1) is 23.4 Å². The number of pyridine rings is 1. The second kappa shape index (κ2) is 5.78. The van der Waals surface area contributed by atoms with Crippen LogP contribution in [0.3, 0.4) is 0 Å². The molecular formula is C13H8Cl3NO2. The Balaban J connectivity index is 2.66. The fourth-order valence-electron chi connectivity index (χ4n) is 1.60. The van der Waals surface area contributed by atoms with E-state index in [0.29, 0.717) is 21.3 Å². The van der Waals surface area contributed by atoms with E-state index < -0.39 is 5.97 Å². The third-order valence-corrected chi connectivity index (χ3v) is 3.21. The van der Waals surface area contributed by atoms with Gasteiger partial charge in [0, 0.05) is 10.6 Å². The zero-order valence-corrected chi connectivity index (χ0v) is 12.1. The summed E-state index contributed by atoms with van der Waals surface area (Å²) in [6.07, 6.45) is 0. The molecular weight excluding hydrogens is 309 g/mol. The minimum atomic E-state index is -0.509. The molecule has 0 atom stereocenters. The smallest absolute Gasteiger partial charge is 0.340 e. The average molecular weight is 317 g/mol. The summed E-state index contributed by atoms with van der Waals surface area (Å²) in [4.78, 5) is 15.9. The third kappa shape index (κ3) is 3.00. The van der Waals surface area contributed by atoms with Crippen molar-refractivity contribution in [2.75, 3.05) is 7.11 Å². The van der Waals surface area contributed by atoms with Crippen LogP contribution in [0.25, 0.3) is 11.3 Å². The number of ether oxygens (including phenoxy) is 1. The van der Waals surface area contributed by atoms with Gasteiger partial charge in [-0.1, -0.05) is 34.8 Å². The van der Waals surface area contributed by atoms with Crippen molar-refractivity contribution in [3.05, 3.63) is 51.1 Å². The van der Waals surface area contributed by atoms with Crippen LogP contribution in [-0.4, -0.2) is 18.1 Å². The van der Waals surface area contributed by atoms with Gasteiger partial charge in [0.25, 0.3) is 0 Å². The van der Waals surface area contributed by atoms with Crippen molar-refractivity contribution in [2.45, 2.75) is 0 Å². The molecule has 0 spiro atoms. The van der Waals surface area contributed by atoms with Crippen molar-refractivity contribution in [3.63, 3.8) is 0 Å². The van der Waals surface area contributed by atoms with Crippen LogP contribution in [0.5, 0.6) is 0 Å². The molecule has 3 nitrogen and oxygen atoms in total. The lowest BCUT2D eigenvalue weighted by molar-refractivity contribution is 0.0601. The summed E-state index contributed by atoms with van der Waals surface area (Å²) in [5.41, 5.74) is 1.21. The average Bonchev–Trinajstić information content (AvgIpc) is 2.38. The van der Waals surface area contributed by atoms with Crippen LogP contribution in [0.4, 0.5) is 0 Å². The van der Waals surface area contributed by atoms with E-state index in [2.05, 4.69) is 4.98 Å². The molecule has 0 unspecified atom stereocenters. The zero-order valence-electron chi connectivity index (χ0n) is 9.78. The summed E-state index contributed by atoms with van der Waals surface area (Å²) in [6, 6.07) is 7.97. The van der Waals surface area contributed by atoms with Gasteiger partial charge in [0.15, 0.2) is 0 Å². The Morgan fingerprint density at radius 2 is 1.89 bits per heavy atom. The maximum atomic E-state index is 11.7. The van der Waals surface area contributed by atoms with Gasteiger partial charge in [0.2, 0.25) is 0 Å². The topological polar surface area (TPSA) is 39.2 Å². The van der Waals surface area contributed by atoms with Gasteiger partial charge in [-0.3, -0.25) is 0 Å². The first kappa shape index (κ1) is 14.1. The summed E-state index contributed by atoms with van der Waals surface area (Å²) in [7, 11) is 1.30. The summed E-state index contributed by atoms with van der Waals surface area (Å²) in [5.74, 6) is -0.509. The Morgan fingerprint density at radius 1 is 1.16 bits per heavy atom. The molecule has 1 heterocycles. The molecule has 0 fully saturated rings. The van der Waals surface area contributed by atoms with Crippen molar-refractivity contribution >= 4 is 40.8 Å². The maximum Gasteiger partial charge on any atom is 0.340 e. The minimum Gasteiger partial charge on any atom is -0.465 e. The van der Waals surface area contributed by atoms with Crippen LogP contribution in [0, 0.1) is 0 Å². The number of methoxy groups -OCH3 is 1. The summed E-state index contributed by atoms with van der Waals surface area (Å²) in [6.45, 7) is 0. The molecule has 1 aromatic heterocycles. The highest BCUT2D eigenvalue weighted by Gasteiger charge is 2.17. The molecule has 0 bridgehead atoms. The van der Waals surface area contributed by atoms with Crippen molar-refractivity contribution in [3.8, 4) is 11.3 Å². The lowest BCUT2D eigenvalue weighted by Gasteiger charge is -2.09. The van der Waals surface area contributed by atoms with Crippen LogP contribution in [0.1, 0.15) is 10.4 Å². The lowest BCUT2D eigenvalue weighted by atomic mass is 10.1. The number of carbonyl (C=O) groups is 1. The number of hydrogen-bond donors (Lipinski definition) is 0. The largest absolute Gasteiger partial charge is 0.465 e. The third-order valence-electron chi connectivity index (χ3n) is 2.45. The van der Waals surface area contributed by atoms with Gasteiger partial charge in [-0.2, -0.15) is 0 Å². The van der Waals surface area contributed by atoms with Crippen molar-refractivity contribution < 1.29 is 9.53 Å². The van der Waals surface area contributed by atoms with E-state index in [1.54, 1.807) is 24.3 Å². The molecule has 0 aliphatic carbocycles. The second-order valence-corrected chi connectivity index (χ2v) is 4.88. The van der Waals surface area contributed by atoms with Gasteiger partial charge in [0.1, 0.15) is 5.15 Å². The summed E-state index contributed by atoms with van der Waals surface area (Å²) >= 11 is 17.8. The number of rotatable bonds is 2. The number of halogens is 3. The number of esters is 1. The summed E-state index contributed by atoms with van der Waals surface area (Å²) in [5, 5.41) is 1.14. The van der Waals surface area contributed by atoms with Gasteiger partial charge in [-0.15, -0.1) is 0 Å². The molecule has 0 radical (unpaired) electrons. The van der Waals surface area contributed by atoms with Gasteiger partial charge in [-0.25, -0.2) is 9.78 Å². The molecule has 2 aromatic rings. The molecule has 19 heavy (non-hydrogen) atoms. The Kier molecular flexibility index (Phi) is 4.30. The van der Waals surface area contributed by atoms with Crippen LogP contribution in [0.15, 0.2) is 30.3 Å². The van der Waals surface area contributed by atoms with Crippen molar-refractivity contribution in [1.29, 1.82) is 0 Å². The highest BCUT2D eigenvalue weighted by Crippen LogP contribution is 2.32. The molecule has 98 valence electrons. The Morgan fingerprint density at radius 3 is 2.53 bits per heavy atom. The first-order chi connectivity index (χ1) is 9.02. The fourth-order valence-corrected chi connectivity index (χ4v) is 2.24. The molecule has 0 aliphatic rings. The first-order valence-corrected chi connectivity index (χ1v) is 6.36. The van der Waals surface area contributed by atoms with Crippen LogP contribution in [-0.2, 0) is 4.74 Å². The normalized spacial score (nSPS) is 10.3. The first-order valence-electron chi connectivity index (χ1n) is 5.23. The van der Waals surface area contributed by atoms with Gasteiger partial charge in [-0.05, 0) is 30.3 Å². The number of hydrogen-bond acceptors (Lipinski definition) is 3. The zero-order chi connectivity index (χ0) is 14.0. The molecule has 6 heteroatoms. The van der Waals surface area contributed by atoms with Crippen LogP contribution in [0.2, 0.25) is 15.2 Å². The maximum absolute atomic E-state index is 11.7. The fraction of sp³-hybridized carbons (Fsp3) is 0.0769. The van der Waals surface area contributed by atoms with E-state index in [4.69, 9.17) is 39.5 Å². The predicted octanol–water partition coefficient (Wildman–Crippen LogP) is 4.50. The van der Waals surface area contributed by atoms with E-state index in [1.165, 1.54) is 13.2 Å². The molecule has 0 amide bonds. The Hall–Kier alpha value is -1.29.